The molecular weight excluding hydrogens is 420 g/mol. The maximum atomic E-state index is 9.96. The van der Waals surface area contributed by atoms with Crippen LogP contribution in [-0.2, 0) is 35.4 Å². The first-order valence-corrected chi connectivity index (χ1v) is 12.1. The minimum atomic E-state index is -0.559. The van der Waals surface area contributed by atoms with E-state index in [1.165, 1.54) is 22.5 Å². The Bertz CT molecular complexity index is 975. The van der Waals surface area contributed by atoms with Crippen molar-refractivity contribution in [2.75, 3.05) is 26.3 Å². The summed E-state index contributed by atoms with van der Waals surface area (Å²) in [6.45, 7) is 12.0. The molecule has 9 nitrogen and oxygen atoms in total. The summed E-state index contributed by atoms with van der Waals surface area (Å²) in [5.74, 6) is 0. The van der Waals surface area contributed by atoms with E-state index in [9.17, 15) is 5.11 Å². The van der Waals surface area contributed by atoms with Gasteiger partial charge in [-0.05, 0) is 37.8 Å². The molecule has 0 spiro atoms. The number of hydrogen-bond acceptors (Lipinski definition) is 8. The molecule has 2 aromatic rings. The number of aromatic nitrogens is 4. The van der Waals surface area contributed by atoms with E-state index in [-0.39, 0.29) is 12.1 Å². The van der Waals surface area contributed by atoms with Crippen LogP contribution in [0.15, 0.2) is 17.4 Å². The van der Waals surface area contributed by atoms with Gasteiger partial charge in [-0.2, -0.15) is 0 Å². The van der Waals surface area contributed by atoms with E-state index in [0.717, 1.165) is 51.0 Å². The van der Waals surface area contributed by atoms with Gasteiger partial charge in [0.2, 0.25) is 0 Å². The van der Waals surface area contributed by atoms with E-state index >= 15 is 0 Å². The molecule has 4 rings (SSSR count). The third kappa shape index (κ3) is 5.59. The van der Waals surface area contributed by atoms with Crippen LogP contribution in [0.4, 0.5) is 0 Å². The van der Waals surface area contributed by atoms with Gasteiger partial charge in [-0.3, -0.25) is 9.88 Å². The van der Waals surface area contributed by atoms with Gasteiger partial charge in [-0.25, -0.2) is 4.68 Å². The van der Waals surface area contributed by atoms with Gasteiger partial charge in [0.05, 0.1) is 25.1 Å². The summed E-state index contributed by atoms with van der Waals surface area (Å²) in [4.78, 5) is 13.1. The van der Waals surface area contributed by atoms with E-state index in [0.29, 0.717) is 18.9 Å². The lowest BCUT2D eigenvalue weighted by atomic mass is 9.99. The lowest BCUT2D eigenvalue weighted by Crippen LogP contribution is -2.33. The monoisotopic (exact) mass is 456 g/mol. The molecule has 0 amide bonds. The zero-order valence-corrected chi connectivity index (χ0v) is 20.2. The zero-order valence-electron chi connectivity index (χ0n) is 20.2. The Labute approximate surface area is 195 Å². The van der Waals surface area contributed by atoms with E-state index in [4.69, 9.17) is 14.6 Å². The van der Waals surface area contributed by atoms with Crippen molar-refractivity contribution in [1.82, 2.24) is 24.9 Å². The van der Waals surface area contributed by atoms with Crippen molar-refractivity contribution in [3.05, 3.63) is 40.5 Å². The molecule has 0 bridgehead atoms. The Hall–Kier alpha value is -2.36. The smallest absolute Gasteiger partial charge is 0.169 e. The fourth-order valence-corrected chi connectivity index (χ4v) is 4.44. The molecule has 1 fully saturated rings. The molecule has 0 aromatic carbocycles. The predicted molar refractivity (Wildman–Crippen MR) is 125 cm³/mol. The van der Waals surface area contributed by atoms with Crippen LogP contribution in [0.3, 0.4) is 0 Å². The molecule has 0 unspecified atom stereocenters. The standard InChI is InChI=1S/C24H36N6O3/c1-5-18-11-19-12-29(10-8-21(19)25-20(18)6-2)9-7-16(3)27-33-17(4)22-13-30(28-26-22)23-14-32-15-24(23)31/h11,13,17,23-24,31H,5-10,12,14-15H2,1-4H3/t17-,23-,24-/m1/s1. The predicted octanol–water partition coefficient (Wildman–Crippen LogP) is 2.63. The summed E-state index contributed by atoms with van der Waals surface area (Å²) in [7, 11) is 0. The maximum Gasteiger partial charge on any atom is 0.169 e. The molecule has 0 radical (unpaired) electrons. The van der Waals surface area contributed by atoms with Crippen LogP contribution >= 0.6 is 0 Å². The number of aliphatic hydroxyl groups excluding tert-OH is 1. The first kappa shape index (κ1) is 23.8. The molecule has 1 saturated heterocycles. The number of fused-ring (bicyclic) bond motifs is 1. The molecule has 1 N–H and O–H groups in total. The summed E-state index contributed by atoms with van der Waals surface area (Å²) in [6.07, 6.45) is 4.81. The van der Waals surface area contributed by atoms with Gasteiger partial charge >= 0.3 is 0 Å². The van der Waals surface area contributed by atoms with Gasteiger partial charge in [0.15, 0.2) is 6.10 Å². The van der Waals surface area contributed by atoms with Crippen LogP contribution in [-0.4, -0.2) is 68.1 Å². The first-order valence-electron chi connectivity index (χ1n) is 12.1. The molecule has 0 saturated carbocycles. The number of aryl methyl sites for hydroxylation is 2. The third-order valence-corrected chi connectivity index (χ3v) is 6.60. The summed E-state index contributed by atoms with van der Waals surface area (Å²) < 4.78 is 6.94. The second-order valence-corrected chi connectivity index (χ2v) is 9.05. The fraction of sp³-hybridized carbons (Fsp3) is 0.667. The van der Waals surface area contributed by atoms with Gasteiger partial charge < -0.3 is 14.7 Å². The van der Waals surface area contributed by atoms with Crippen molar-refractivity contribution in [2.24, 2.45) is 5.16 Å². The van der Waals surface area contributed by atoms with Gasteiger partial charge in [-0.15, -0.1) is 5.10 Å². The Balaban J connectivity index is 1.27. The van der Waals surface area contributed by atoms with E-state index in [1.807, 2.05) is 13.8 Å². The minimum Gasteiger partial charge on any atom is -0.388 e. The molecule has 3 atom stereocenters. The van der Waals surface area contributed by atoms with Crippen LogP contribution in [0.1, 0.15) is 74.5 Å². The molecule has 2 aliphatic heterocycles. The quantitative estimate of drug-likeness (QED) is 0.457. The Morgan fingerprint density at radius 1 is 1.33 bits per heavy atom. The Morgan fingerprint density at radius 3 is 2.91 bits per heavy atom. The fourth-order valence-electron chi connectivity index (χ4n) is 4.44. The molecule has 180 valence electrons. The number of rotatable bonds is 9. The normalized spacial score (nSPS) is 22.4. The van der Waals surface area contributed by atoms with E-state index in [1.54, 1.807) is 10.9 Å². The topological polar surface area (TPSA) is 97.9 Å². The Kier molecular flexibility index (Phi) is 7.72. The highest BCUT2D eigenvalue weighted by molar-refractivity contribution is 5.81. The molecule has 0 aliphatic carbocycles. The molecule has 4 heterocycles. The number of ether oxygens (including phenoxy) is 1. The molecule has 2 aliphatic rings. The van der Waals surface area contributed by atoms with Crippen molar-refractivity contribution in [3.8, 4) is 0 Å². The van der Waals surface area contributed by atoms with Gasteiger partial charge in [-0.1, -0.05) is 30.3 Å². The summed E-state index contributed by atoms with van der Waals surface area (Å²) in [5, 5.41) is 22.6. The third-order valence-electron chi connectivity index (χ3n) is 6.60. The van der Waals surface area contributed by atoms with Crippen LogP contribution in [0, 0.1) is 0 Å². The summed E-state index contributed by atoms with van der Waals surface area (Å²) in [6, 6.07) is 2.17. The second-order valence-electron chi connectivity index (χ2n) is 9.05. The van der Waals surface area contributed by atoms with E-state index in [2.05, 4.69) is 40.3 Å². The summed E-state index contributed by atoms with van der Waals surface area (Å²) in [5.41, 5.74) is 6.91. The van der Waals surface area contributed by atoms with Crippen molar-refractivity contribution in [1.29, 1.82) is 0 Å². The SMILES string of the molecule is CCc1cc2c(nc1CC)CCN(CCC(C)=NO[C@H](C)c1cn([C@@H]3COC[C@H]3O)nn1)C2. The number of pyridine rings is 1. The van der Waals surface area contributed by atoms with Gasteiger partial charge in [0.1, 0.15) is 17.8 Å². The molecular formula is C24H36N6O3. The Morgan fingerprint density at radius 2 is 2.18 bits per heavy atom. The second kappa shape index (κ2) is 10.7. The number of aliphatic hydroxyl groups is 1. The van der Waals surface area contributed by atoms with Crippen molar-refractivity contribution < 1.29 is 14.7 Å². The number of nitrogens with zero attached hydrogens (tertiary/aromatic N) is 6. The zero-order chi connectivity index (χ0) is 23.4. The van der Waals surface area contributed by atoms with Gasteiger partial charge in [0.25, 0.3) is 0 Å². The van der Waals surface area contributed by atoms with Crippen LogP contribution in [0.25, 0.3) is 0 Å². The van der Waals surface area contributed by atoms with Crippen LogP contribution in [0.5, 0.6) is 0 Å². The van der Waals surface area contributed by atoms with Crippen LogP contribution < -0.4 is 0 Å². The molecule has 9 heteroatoms. The maximum absolute atomic E-state index is 9.96. The largest absolute Gasteiger partial charge is 0.388 e. The molecule has 2 aromatic heterocycles. The molecule has 33 heavy (non-hydrogen) atoms. The van der Waals surface area contributed by atoms with Crippen molar-refractivity contribution >= 4 is 5.71 Å². The highest BCUT2D eigenvalue weighted by Crippen LogP contribution is 2.23. The average molecular weight is 457 g/mol. The minimum absolute atomic E-state index is 0.199. The number of oxime groups is 1. The van der Waals surface area contributed by atoms with Crippen LogP contribution in [0.2, 0.25) is 0 Å². The highest BCUT2D eigenvalue weighted by Gasteiger charge is 2.29. The lowest BCUT2D eigenvalue weighted by molar-refractivity contribution is 0.0683. The van der Waals surface area contributed by atoms with E-state index < -0.39 is 6.10 Å². The first-order chi connectivity index (χ1) is 16.0. The van der Waals surface area contributed by atoms with Crippen molar-refractivity contribution in [3.63, 3.8) is 0 Å². The highest BCUT2D eigenvalue weighted by atomic mass is 16.6. The van der Waals surface area contributed by atoms with Gasteiger partial charge in [0, 0.05) is 43.9 Å². The number of hydrogen-bond donors (Lipinski definition) is 1. The van der Waals surface area contributed by atoms with Crippen molar-refractivity contribution in [2.45, 2.75) is 78.2 Å². The summed E-state index contributed by atoms with van der Waals surface area (Å²) >= 11 is 0. The lowest BCUT2D eigenvalue weighted by Gasteiger charge is -2.29. The average Bonchev–Trinajstić information content (AvgIpc) is 3.49.